The molecule has 1 unspecified atom stereocenters. The first kappa shape index (κ1) is 12.2. The third kappa shape index (κ3) is 2.36. The molecule has 0 heterocycles. The van der Waals surface area contributed by atoms with Crippen LogP contribution in [-0.2, 0) is 5.54 Å². The highest BCUT2D eigenvalue weighted by Crippen LogP contribution is 2.31. The fraction of sp³-hybridized carbons (Fsp3) is 0.200. The van der Waals surface area contributed by atoms with E-state index in [1.54, 1.807) is 0 Å². The van der Waals surface area contributed by atoms with Gasteiger partial charge in [-0.25, -0.2) is 0 Å². The molecule has 2 aromatic carbocycles. The van der Waals surface area contributed by atoms with Gasteiger partial charge in [-0.05, 0) is 29.7 Å². The molecule has 88 valence electrons. The molecule has 0 aliphatic rings. The van der Waals surface area contributed by atoms with Gasteiger partial charge in [0, 0.05) is 5.02 Å². The molecule has 2 rings (SSSR count). The van der Waals surface area contributed by atoms with Gasteiger partial charge < -0.3 is 5.73 Å². The zero-order valence-electron chi connectivity index (χ0n) is 9.86. The van der Waals surface area contributed by atoms with Crippen molar-refractivity contribution in [3.8, 4) is 0 Å². The van der Waals surface area contributed by atoms with Gasteiger partial charge in [-0.2, -0.15) is 0 Å². The van der Waals surface area contributed by atoms with E-state index in [4.69, 9.17) is 17.3 Å². The van der Waals surface area contributed by atoms with Gasteiger partial charge >= 0.3 is 0 Å². The summed E-state index contributed by atoms with van der Waals surface area (Å²) in [5.74, 6) is 0. The molecular weight excluding hydrogens is 230 g/mol. The van der Waals surface area contributed by atoms with Crippen LogP contribution in [0.25, 0.3) is 0 Å². The summed E-state index contributed by atoms with van der Waals surface area (Å²) in [5, 5.41) is 0.724. The Morgan fingerprint density at radius 1 is 1.00 bits per heavy atom. The molecule has 0 aliphatic carbocycles. The van der Waals surface area contributed by atoms with E-state index in [-0.39, 0.29) is 0 Å². The van der Waals surface area contributed by atoms with Crippen molar-refractivity contribution in [2.75, 3.05) is 0 Å². The average molecular weight is 246 g/mol. The molecule has 0 aromatic heterocycles. The van der Waals surface area contributed by atoms with E-state index < -0.39 is 5.54 Å². The van der Waals surface area contributed by atoms with Crippen molar-refractivity contribution in [2.24, 2.45) is 5.73 Å². The summed E-state index contributed by atoms with van der Waals surface area (Å²) in [6, 6.07) is 17.9. The maximum Gasteiger partial charge on any atom is 0.0663 e. The number of rotatable bonds is 3. The van der Waals surface area contributed by atoms with Gasteiger partial charge in [-0.3, -0.25) is 0 Å². The van der Waals surface area contributed by atoms with Gasteiger partial charge in [0.25, 0.3) is 0 Å². The molecule has 17 heavy (non-hydrogen) atoms. The Kier molecular flexibility index (Phi) is 3.51. The summed E-state index contributed by atoms with van der Waals surface area (Å²) in [7, 11) is 0. The minimum absolute atomic E-state index is 0.466. The largest absolute Gasteiger partial charge is 0.318 e. The Morgan fingerprint density at radius 2 is 1.65 bits per heavy atom. The lowest BCUT2D eigenvalue weighted by Crippen LogP contribution is -2.37. The molecule has 0 saturated heterocycles. The second-order valence-electron chi connectivity index (χ2n) is 4.20. The van der Waals surface area contributed by atoms with E-state index in [1.807, 2.05) is 42.5 Å². The molecule has 2 heteroatoms. The van der Waals surface area contributed by atoms with Crippen LogP contribution < -0.4 is 5.73 Å². The lowest BCUT2D eigenvalue weighted by Gasteiger charge is -2.29. The van der Waals surface area contributed by atoms with Crippen molar-refractivity contribution in [1.82, 2.24) is 0 Å². The minimum Gasteiger partial charge on any atom is -0.318 e. The topological polar surface area (TPSA) is 26.0 Å². The van der Waals surface area contributed by atoms with E-state index >= 15 is 0 Å². The lowest BCUT2D eigenvalue weighted by atomic mass is 9.82. The molecule has 2 N–H and O–H groups in total. The lowest BCUT2D eigenvalue weighted by molar-refractivity contribution is 0.519. The van der Waals surface area contributed by atoms with Crippen LogP contribution in [0.5, 0.6) is 0 Å². The van der Waals surface area contributed by atoms with E-state index in [0.29, 0.717) is 0 Å². The van der Waals surface area contributed by atoms with Crippen LogP contribution in [0.3, 0.4) is 0 Å². The number of hydrogen-bond acceptors (Lipinski definition) is 1. The summed E-state index contributed by atoms with van der Waals surface area (Å²) in [5.41, 5.74) is 8.25. The monoisotopic (exact) mass is 245 g/mol. The maximum atomic E-state index is 6.55. The molecule has 0 spiro atoms. The van der Waals surface area contributed by atoms with Crippen LogP contribution in [0.2, 0.25) is 5.02 Å². The summed E-state index contributed by atoms with van der Waals surface area (Å²) in [6.45, 7) is 2.09. The van der Waals surface area contributed by atoms with Crippen LogP contribution in [0, 0.1) is 0 Å². The first-order chi connectivity index (χ1) is 8.16. The third-order valence-corrected chi connectivity index (χ3v) is 3.42. The fourth-order valence-corrected chi connectivity index (χ4v) is 2.27. The third-order valence-electron chi connectivity index (χ3n) is 3.19. The van der Waals surface area contributed by atoms with Crippen LogP contribution in [-0.4, -0.2) is 0 Å². The Labute approximate surface area is 107 Å². The van der Waals surface area contributed by atoms with Gasteiger partial charge in [0.2, 0.25) is 0 Å². The molecule has 0 bridgehead atoms. The Morgan fingerprint density at radius 3 is 2.24 bits per heavy atom. The van der Waals surface area contributed by atoms with Gasteiger partial charge in [-0.15, -0.1) is 0 Å². The molecule has 0 fully saturated rings. The second kappa shape index (κ2) is 4.91. The molecule has 1 nitrogen and oxygen atoms in total. The van der Waals surface area contributed by atoms with Crippen LogP contribution in [0.15, 0.2) is 54.6 Å². The summed E-state index contributed by atoms with van der Waals surface area (Å²) < 4.78 is 0. The van der Waals surface area contributed by atoms with E-state index in [0.717, 1.165) is 22.6 Å². The standard InChI is InChI=1S/C15H16ClN/c1-2-15(17,12-7-4-3-5-8-12)13-9-6-10-14(16)11-13/h3-11H,2,17H2,1H3. The highest BCUT2D eigenvalue weighted by Gasteiger charge is 2.27. The zero-order valence-corrected chi connectivity index (χ0v) is 10.6. The van der Waals surface area contributed by atoms with Crippen LogP contribution in [0.1, 0.15) is 24.5 Å². The van der Waals surface area contributed by atoms with Crippen molar-refractivity contribution < 1.29 is 0 Å². The van der Waals surface area contributed by atoms with Crippen LogP contribution >= 0.6 is 11.6 Å². The van der Waals surface area contributed by atoms with E-state index in [1.165, 1.54) is 0 Å². The van der Waals surface area contributed by atoms with E-state index in [2.05, 4.69) is 19.1 Å². The maximum absolute atomic E-state index is 6.55. The molecule has 1 atom stereocenters. The second-order valence-corrected chi connectivity index (χ2v) is 4.64. The predicted molar refractivity (Wildman–Crippen MR) is 73.2 cm³/mol. The quantitative estimate of drug-likeness (QED) is 0.871. The van der Waals surface area contributed by atoms with Crippen molar-refractivity contribution in [3.63, 3.8) is 0 Å². The van der Waals surface area contributed by atoms with Crippen molar-refractivity contribution >= 4 is 11.6 Å². The number of halogens is 1. The Bertz CT molecular complexity index is 495. The van der Waals surface area contributed by atoms with Gasteiger partial charge in [-0.1, -0.05) is 61.0 Å². The Hall–Kier alpha value is -1.31. The first-order valence-corrected chi connectivity index (χ1v) is 6.15. The first-order valence-electron chi connectivity index (χ1n) is 5.77. The summed E-state index contributed by atoms with van der Waals surface area (Å²) in [6.07, 6.45) is 0.831. The van der Waals surface area contributed by atoms with Crippen molar-refractivity contribution in [3.05, 3.63) is 70.7 Å². The molecular formula is C15H16ClN. The molecule has 0 aliphatic heterocycles. The summed E-state index contributed by atoms with van der Waals surface area (Å²) in [4.78, 5) is 0. The van der Waals surface area contributed by atoms with E-state index in [9.17, 15) is 0 Å². The highest BCUT2D eigenvalue weighted by molar-refractivity contribution is 6.30. The molecule has 2 aromatic rings. The smallest absolute Gasteiger partial charge is 0.0663 e. The van der Waals surface area contributed by atoms with Crippen LogP contribution in [0.4, 0.5) is 0 Å². The zero-order chi connectivity index (χ0) is 12.3. The molecule has 0 amide bonds. The van der Waals surface area contributed by atoms with Gasteiger partial charge in [0.15, 0.2) is 0 Å². The van der Waals surface area contributed by atoms with Crippen molar-refractivity contribution in [1.29, 1.82) is 0 Å². The average Bonchev–Trinajstić information content (AvgIpc) is 2.39. The number of hydrogen-bond donors (Lipinski definition) is 1. The van der Waals surface area contributed by atoms with Crippen molar-refractivity contribution in [2.45, 2.75) is 18.9 Å². The Balaban J connectivity index is 2.52. The highest BCUT2D eigenvalue weighted by atomic mass is 35.5. The molecule has 0 saturated carbocycles. The molecule has 0 radical (unpaired) electrons. The van der Waals surface area contributed by atoms with Gasteiger partial charge in [0.05, 0.1) is 5.54 Å². The number of nitrogens with two attached hydrogens (primary N) is 1. The van der Waals surface area contributed by atoms with Gasteiger partial charge in [0.1, 0.15) is 0 Å². The SMILES string of the molecule is CCC(N)(c1ccccc1)c1cccc(Cl)c1. The fourth-order valence-electron chi connectivity index (χ4n) is 2.08. The number of benzene rings is 2. The minimum atomic E-state index is -0.466. The summed E-state index contributed by atoms with van der Waals surface area (Å²) >= 11 is 6.04. The normalized spacial score (nSPS) is 14.3. The predicted octanol–water partition coefficient (Wildman–Crippen LogP) is 3.95.